The predicted molar refractivity (Wildman–Crippen MR) is 110 cm³/mol. The van der Waals surface area contributed by atoms with E-state index in [2.05, 4.69) is 0 Å². The third-order valence-corrected chi connectivity index (χ3v) is 5.54. The number of ether oxygens (including phenoxy) is 1. The van der Waals surface area contributed by atoms with Gasteiger partial charge in [-0.15, -0.1) is 0 Å². The van der Waals surface area contributed by atoms with Crippen molar-refractivity contribution in [1.29, 1.82) is 0 Å². The van der Waals surface area contributed by atoms with E-state index in [1.807, 2.05) is 48.7 Å². The Hall–Kier alpha value is -2.51. The molecule has 146 valence electrons. The van der Waals surface area contributed by atoms with Crippen LogP contribution < -0.4 is 0 Å². The average molecular weight is 419 g/mol. The van der Waals surface area contributed by atoms with Crippen LogP contribution in [-0.4, -0.2) is 39.7 Å². The van der Waals surface area contributed by atoms with E-state index >= 15 is 0 Å². The molecule has 2 aromatic rings. The minimum Gasteiger partial charge on any atom is -0.465 e. The second-order valence-corrected chi connectivity index (χ2v) is 7.59. The molecule has 28 heavy (non-hydrogen) atoms. The van der Waals surface area contributed by atoms with Crippen molar-refractivity contribution in [2.75, 3.05) is 13.2 Å². The van der Waals surface area contributed by atoms with Crippen LogP contribution in [-0.2, 0) is 14.3 Å². The minimum atomic E-state index is -0.608. The molecule has 0 aliphatic carbocycles. The van der Waals surface area contributed by atoms with Gasteiger partial charge in [-0.1, -0.05) is 23.7 Å². The molecule has 6 nitrogen and oxygen atoms in total. The molecule has 0 atom stereocenters. The molecule has 0 spiro atoms. The zero-order valence-electron chi connectivity index (χ0n) is 15.7. The molecule has 1 aliphatic rings. The summed E-state index contributed by atoms with van der Waals surface area (Å²) in [7, 11) is 0. The lowest BCUT2D eigenvalue weighted by Crippen LogP contribution is -2.34. The van der Waals surface area contributed by atoms with Crippen LogP contribution in [0, 0.1) is 13.8 Å². The number of carbonyl (C=O) groups is 3. The number of esters is 1. The number of hydrogen-bond acceptors (Lipinski definition) is 5. The van der Waals surface area contributed by atoms with E-state index in [0.717, 1.165) is 39.3 Å². The third kappa shape index (κ3) is 3.86. The van der Waals surface area contributed by atoms with Gasteiger partial charge in [-0.25, -0.2) is 0 Å². The van der Waals surface area contributed by atoms with Gasteiger partial charge in [0.1, 0.15) is 6.54 Å². The van der Waals surface area contributed by atoms with E-state index in [1.165, 1.54) is 0 Å². The summed E-state index contributed by atoms with van der Waals surface area (Å²) >= 11 is 7.14. The monoisotopic (exact) mass is 418 g/mol. The zero-order valence-corrected chi connectivity index (χ0v) is 17.3. The summed E-state index contributed by atoms with van der Waals surface area (Å²) in [5.41, 5.74) is 3.48. The number of benzene rings is 1. The second kappa shape index (κ2) is 8.24. The van der Waals surface area contributed by atoms with E-state index in [-0.39, 0.29) is 18.1 Å². The van der Waals surface area contributed by atoms with Gasteiger partial charge in [-0.05, 0) is 62.4 Å². The Morgan fingerprint density at radius 2 is 1.96 bits per heavy atom. The number of carbonyl (C=O) groups excluding carboxylic acids is 3. The van der Waals surface area contributed by atoms with Crippen LogP contribution >= 0.6 is 23.4 Å². The van der Waals surface area contributed by atoms with Crippen LogP contribution in [0.15, 0.2) is 35.2 Å². The van der Waals surface area contributed by atoms with Crippen molar-refractivity contribution in [3.63, 3.8) is 0 Å². The number of imide groups is 1. The van der Waals surface area contributed by atoms with Gasteiger partial charge in [0.05, 0.1) is 22.2 Å². The number of hydrogen-bond donors (Lipinski definition) is 0. The lowest BCUT2D eigenvalue weighted by molar-refractivity contribution is -0.145. The number of halogens is 1. The lowest BCUT2D eigenvalue weighted by Gasteiger charge is -2.11. The molecule has 1 aliphatic heterocycles. The number of nitrogens with zero attached hydrogens (tertiary/aromatic N) is 2. The summed E-state index contributed by atoms with van der Waals surface area (Å²) in [6.45, 7) is 5.35. The molecule has 1 aromatic carbocycles. The fourth-order valence-electron chi connectivity index (χ4n) is 3.05. The van der Waals surface area contributed by atoms with E-state index in [1.54, 1.807) is 13.0 Å². The molecule has 1 fully saturated rings. The highest BCUT2D eigenvalue weighted by Crippen LogP contribution is 2.34. The molecule has 0 radical (unpaired) electrons. The van der Waals surface area contributed by atoms with E-state index in [0.29, 0.717) is 5.02 Å². The summed E-state index contributed by atoms with van der Waals surface area (Å²) in [6, 6.07) is 9.43. The first-order chi connectivity index (χ1) is 13.3. The van der Waals surface area contributed by atoms with Gasteiger partial charge in [0, 0.05) is 11.4 Å². The van der Waals surface area contributed by atoms with E-state index in [4.69, 9.17) is 16.3 Å². The quantitative estimate of drug-likeness (QED) is 0.533. The van der Waals surface area contributed by atoms with E-state index < -0.39 is 17.1 Å². The Morgan fingerprint density at radius 1 is 1.25 bits per heavy atom. The molecule has 2 amide bonds. The van der Waals surface area contributed by atoms with Crippen LogP contribution in [0.4, 0.5) is 4.79 Å². The highest BCUT2D eigenvalue weighted by Gasteiger charge is 2.36. The molecule has 0 bridgehead atoms. The lowest BCUT2D eigenvalue weighted by atomic mass is 10.2. The molecule has 1 saturated heterocycles. The van der Waals surface area contributed by atoms with Gasteiger partial charge in [-0.3, -0.25) is 19.3 Å². The normalized spacial score (nSPS) is 15.6. The third-order valence-electron chi connectivity index (χ3n) is 4.32. The summed E-state index contributed by atoms with van der Waals surface area (Å²) in [5, 5.41) is 0.134. The van der Waals surface area contributed by atoms with Crippen molar-refractivity contribution in [3.8, 4) is 5.69 Å². The van der Waals surface area contributed by atoms with Gasteiger partial charge in [0.25, 0.3) is 11.1 Å². The van der Waals surface area contributed by atoms with Crippen LogP contribution in [0.3, 0.4) is 0 Å². The van der Waals surface area contributed by atoms with Crippen LogP contribution in [0.5, 0.6) is 0 Å². The fourth-order valence-corrected chi connectivity index (χ4v) is 4.10. The SMILES string of the molecule is CCOC(=O)CN1C(=O)S/C(=C\c2cc(C)n(-c3ccccc3Cl)c2C)C1=O. The number of para-hydroxylation sites is 1. The van der Waals surface area contributed by atoms with Gasteiger partial charge >= 0.3 is 5.97 Å². The van der Waals surface area contributed by atoms with Crippen molar-refractivity contribution < 1.29 is 19.1 Å². The molecular weight excluding hydrogens is 400 g/mol. The van der Waals surface area contributed by atoms with Crippen LogP contribution in [0.2, 0.25) is 5.02 Å². The maximum Gasteiger partial charge on any atom is 0.326 e. The molecular formula is C20H19ClN2O4S. The van der Waals surface area contributed by atoms with Crippen molar-refractivity contribution in [1.82, 2.24) is 9.47 Å². The molecule has 0 N–H and O–H groups in total. The molecule has 0 unspecified atom stereocenters. The van der Waals surface area contributed by atoms with Crippen molar-refractivity contribution in [3.05, 3.63) is 57.2 Å². The first-order valence-electron chi connectivity index (χ1n) is 8.68. The summed E-state index contributed by atoms with van der Waals surface area (Å²) in [5.74, 6) is -1.10. The van der Waals surface area contributed by atoms with Gasteiger partial charge in [0.2, 0.25) is 0 Å². The summed E-state index contributed by atoms with van der Waals surface area (Å²) < 4.78 is 6.82. The van der Waals surface area contributed by atoms with Gasteiger partial charge < -0.3 is 9.30 Å². The highest BCUT2D eigenvalue weighted by atomic mass is 35.5. The van der Waals surface area contributed by atoms with Crippen molar-refractivity contribution in [2.24, 2.45) is 0 Å². The molecule has 0 saturated carbocycles. The average Bonchev–Trinajstić information content (AvgIpc) is 3.06. The topological polar surface area (TPSA) is 68.6 Å². The molecule has 3 rings (SSSR count). The first-order valence-corrected chi connectivity index (χ1v) is 9.87. The molecule has 1 aromatic heterocycles. The number of aromatic nitrogens is 1. The zero-order chi connectivity index (χ0) is 20.4. The Kier molecular flexibility index (Phi) is 5.96. The summed E-state index contributed by atoms with van der Waals surface area (Å²) in [6.07, 6.45) is 1.67. The smallest absolute Gasteiger partial charge is 0.326 e. The summed E-state index contributed by atoms with van der Waals surface area (Å²) in [4.78, 5) is 37.5. The first kappa shape index (κ1) is 20.2. The Bertz CT molecular complexity index is 996. The predicted octanol–water partition coefficient (Wildman–Crippen LogP) is 4.35. The maximum absolute atomic E-state index is 12.6. The number of aryl methyl sites for hydroxylation is 1. The maximum atomic E-state index is 12.6. The molecule has 8 heteroatoms. The minimum absolute atomic E-state index is 0.193. The number of thioether (sulfide) groups is 1. The van der Waals surface area contributed by atoms with Crippen molar-refractivity contribution in [2.45, 2.75) is 20.8 Å². The van der Waals surface area contributed by atoms with Gasteiger partial charge in [0.15, 0.2) is 0 Å². The molecule has 2 heterocycles. The highest BCUT2D eigenvalue weighted by molar-refractivity contribution is 8.18. The number of rotatable bonds is 5. The Morgan fingerprint density at radius 3 is 2.64 bits per heavy atom. The van der Waals surface area contributed by atoms with Crippen LogP contribution in [0.1, 0.15) is 23.9 Å². The largest absolute Gasteiger partial charge is 0.465 e. The van der Waals surface area contributed by atoms with Crippen molar-refractivity contribution >= 4 is 46.6 Å². The van der Waals surface area contributed by atoms with Gasteiger partial charge in [-0.2, -0.15) is 0 Å². The van der Waals surface area contributed by atoms with Crippen LogP contribution in [0.25, 0.3) is 11.8 Å². The number of amides is 2. The standard InChI is InChI=1S/C20H19ClN2O4S/c1-4-27-18(24)11-22-19(25)17(28-20(22)26)10-14-9-12(2)23(13(14)3)16-8-6-5-7-15(16)21/h5-10H,4,11H2,1-3H3/b17-10-. The Labute approximate surface area is 172 Å². The second-order valence-electron chi connectivity index (χ2n) is 6.19. The fraction of sp³-hybridized carbons (Fsp3) is 0.250. The Balaban J connectivity index is 1.92. The van der Waals surface area contributed by atoms with E-state index in [9.17, 15) is 14.4 Å².